The first-order valence-corrected chi connectivity index (χ1v) is 12.7. The molecule has 0 radical (unpaired) electrons. The van der Waals surface area contributed by atoms with Crippen LogP contribution in [0.25, 0.3) is 0 Å². The van der Waals surface area contributed by atoms with Gasteiger partial charge in [-0.2, -0.15) is 0 Å². The maximum atomic E-state index is 12.8. The molecule has 9 N–H and O–H groups in total. The second-order valence-electron chi connectivity index (χ2n) is 9.72. The van der Waals surface area contributed by atoms with Gasteiger partial charge in [0, 0.05) is 6.42 Å². The monoisotopic (exact) mass is 558 g/mol. The van der Waals surface area contributed by atoms with E-state index in [4.69, 9.17) is 15.9 Å². The molecule has 222 valence electrons. The molecule has 0 aromatic rings. The Morgan fingerprint density at radius 2 is 1.36 bits per heavy atom. The Bertz CT molecular complexity index is 895. The third-order valence-electron chi connectivity index (χ3n) is 5.76. The Morgan fingerprint density at radius 3 is 1.87 bits per heavy atom. The molecule has 5 amide bonds. The van der Waals surface area contributed by atoms with E-state index in [-0.39, 0.29) is 18.3 Å². The minimum atomic E-state index is -1.44. The number of rotatable bonds is 18. The summed E-state index contributed by atoms with van der Waals surface area (Å²) in [5, 5.41) is 29.4. The molecule has 0 aromatic heterocycles. The summed E-state index contributed by atoms with van der Waals surface area (Å²) in [6.45, 7) is 7.70. The van der Waals surface area contributed by atoms with Crippen molar-refractivity contribution in [2.75, 3.05) is 13.1 Å². The van der Waals surface area contributed by atoms with Gasteiger partial charge in [-0.3, -0.25) is 28.8 Å². The van der Waals surface area contributed by atoms with Gasteiger partial charge in [-0.25, -0.2) is 4.79 Å². The van der Waals surface area contributed by atoms with E-state index in [1.165, 1.54) is 6.92 Å². The van der Waals surface area contributed by atoms with Gasteiger partial charge in [-0.15, -0.1) is 0 Å². The molecule has 0 aliphatic heterocycles. The van der Waals surface area contributed by atoms with Crippen molar-refractivity contribution in [3.63, 3.8) is 0 Å². The fourth-order valence-corrected chi connectivity index (χ4v) is 3.28. The number of nitrogens with two attached hydrogens (primary N) is 1. The molecule has 0 bridgehead atoms. The van der Waals surface area contributed by atoms with Crippen molar-refractivity contribution in [2.45, 2.75) is 84.5 Å². The van der Waals surface area contributed by atoms with Crippen LogP contribution in [0.4, 0.5) is 0 Å². The van der Waals surface area contributed by atoms with E-state index >= 15 is 0 Å². The molecule has 15 heteroatoms. The summed E-state index contributed by atoms with van der Waals surface area (Å²) >= 11 is 0. The smallest absolute Gasteiger partial charge is 0.326 e. The summed E-state index contributed by atoms with van der Waals surface area (Å²) < 4.78 is 0. The average Bonchev–Trinajstić information content (AvgIpc) is 2.85. The highest BCUT2D eigenvalue weighted by atomic mass is 16.4. The molecule has 0 fully saturated rings. The van der Waals surface area contributed by atoms with Crippen molar-refractivity contribution in [3.8, 4) is 0 Å². The Kier molecular flexibility index (Phi) is 16.0. The molecule has 5 atom stereocenters. The van der Waals surface area contributed by atoms with Gasteiger partial charge in [0.1, 0.15) is 18.1 Å². The van der Waals surface area contributed by atoms with Crippen LogP contribution in [0, 0.1) is 11.8 Å². The SMILES string of the molecule is CCC(C)C(NC(=O)C(N)CC(C)C)C(=O)NC(C)C(=O)NCC(=O)NCC(=O)NC(CCC(=O)O)C(=O)O. The number of hydrogen-bond donors (Lipinski definition) is 8. The van der Waals surface area contributed by atoms with E-state index in [2.05, 4.69) is 26.6 Å². The third-order valence-corrected chi connectivity index (χ3v) is 5.76. The van der Waals surface area contributed by atoms with Crippen LogP contribution in [-0.4, -0.2) is 88.9 Å². The molecule has 0 saturated carbocycles. The maximum absolute atomic E-state index is 12.8. The highest BCUT2D eigenvalue weighted by molar-refractivity contribution is 5.94. The fraction of sp³-hybridized carbons (Fsp3) is 0.708. The zero-order valence-corrected chi connectivity index (χ0v) is 23.0. The van der Waals surface area contributed by atoms with Crippen molar-refractivity contribution in [1.82, 2.24) is 26.6 Å². The van der Waals surface area contributed by atoms with Crippen molar-refractivity contribution in [2.24, 2.45) is 17.6 Å². The lowest BCUT2D eigenvalue weighted by atomic mass is 9.96. The van der Waals surface area contributed by atoms with E-state index in [0.717, 1.165) is 0 Å². The van der Waals surface area contributed by atoms with E-state index < -0.39 is 85.2 Å². The lowest BCUT2D eigenvalue weighted by Crippen LogP contribution is -2.57. The molecule has 0 aliphatic rings. The van der Waals surface area contributed by atoms with E-state index in [9.17, 15) is 33.6 Å². The first-order chi connectivity index (χ1) is 18.1. The molecule has 0 aromatic carbocycles. The highest BCUT2D eigenvalue weighted by Gasteiger charge is 2.30. The predicted molar refractivity (Wildman–Crippen MR) is 139 cm³/mol. The van der Waals surface area contributed by atoms with Gasteiger partial charge in [-0.1, -0.05) is 34.1 Å². The van der Waals surface area contributed by atoms with Crippen molar-refractivity contribution in [3.05, 3.63) is 0 Å². The largest absolute Gasteiger partial charge is 0.481 e. The van der Waals surface area contributed by atoms with Crippen LogP contribution in [0.1, 0.15) is 60.3 Å². The molecular formula is C24H42N6O9. The summed E-state index contributed by atoms with van der Waals surface area (Å²) in [6.07, 6.45) is 0.198. The number of carboxylic acid groups (broad SMARTS) is 2. The van der Waals surface area contributed by atoms with E-state index in [1.54, 1.807) is 6.92 Å². The summed E-state index contributed by atoms with van der Waals surface area (Å²) in [5.41, 5.74) is 5.91. The van der Waals surface area contributed by atoms with Crippen LogP contribution in [-0.2, 0) is 33.6 Å². The number of amides is 5. The molecule has 0 saturated heterocycles. The van der Waals surface area contributed by atoms with E-state index in [0.29, 0.717) is 12.8 Å². The zero-order valence-electron chi connectivity index (χ0n) is 23.0. The molecule has 0 spiro atoms. The summed E-state index contributed by atoms with van der Waals surface area (Å²) in [5.74, 6) is -6.11. The minimum Gasteiger partial charge on any atom is -0.481 e. The molecular weight excluding hydrogens is 516 g/mol. The Balaban J connectivity index is 4.77. The lowest BCUT2D eigenvalue weighted by Gasteiger charge is -2.26. The van der Waals surface area contributed by atoms with Gasteiger partial charge in [0.25, 0.3) is 0 Å². The lowest BCUT2D eigenvalue weighted by molar-refractivity contribution is -0.143. The van der Waals surface area contributed by atoms with Gasteiger partial charge >= 0.3 is 11.9 Å². The number of carboxylic acids is 2. The van der Waals surface area contributed by atoms with Gasteiger partial charge in [-0.05, 0) is 31.6 Å². The molecule has 0 aliphatic carbocycles. The maximum Gasteiger partial charge on any atom is 0.326 e. The average molecular weight is 559 g/mol. The molecule has 5 unspecified atom stereocenters. The second-order valence-corrected chi connectivity index (χ2v) is 9.72. The van der Waals surface area contributed by atoms with Crippen molar-refractivity contribution >= 4 is 41.5 Å². The van der Waals surface area contributed by atoms with Crippen LogP contribution in [0.5, 0.6) is 0 Å². The number of carbonyl (C=O) groups excluding carboxylic acids is 5. The van der Waals surface area contributed by atoms with Crippen LogP contribution < -0.4 is 32.3 Å². The van der Waals surface area contributed by atoms with Crippen LogP contribution in [0.3, 0.4) is 0 Å². The van der Waals surface area contributed by atoms with Gasteiger partial charge in [0.05, 0.1) is 19.1 Å². The molecule has 39 heavy (non-hydrogen) atoms. The topological polar surface area (TPSA) is 246 Å². The van der Waals surface area contributed by atoms with Gasteiger partial charge < -0.3 is 42.5 Å². The van der Waals surface area contributed by atoms with E-state index in [1.807, 2.05) is 20.8 Å². The van der Waals surface area contributed by atoms with Crippen molar-refractivity contribution < 1.29 is 43.8 Å². The van der Waals surface area contributed by atoms with Crippen LogP contribution in [0.2, 0.25) is 0 Å². The summed E-state index contributed by atoms with van der Waals surface area (Å²) in [7, 11) is 0. The van der Waals surface area contributed by atoms with Crippen molar-refractivity contribution in [1.29, 1.82) is 0 Å². The number of hydrogen-bond acceptors (Lipinski definition) is 8. The number of aliphatic carboxylic acids is 2. The Labute approximate surface area is 227 Å². The third kappa shape index (κ3) is 14.7. The Hall–Kier alpha value is -3.75. The Morgan fingerprint density at radius 1 is 0.769 bits per heavy atom. The first-order valence-electron chi connectivity index (χ1n) is 12.7. The fourth-order valence-electron chi connectivity index (χ4n) is 3.28. The quantitative estimate of drug-likeness (QED) is 0.0924. The highest BCUT2D eigenvalue weighted by Crippen LogP contribution is 2.10. The summed E-state index contributed by atoms with van der Waals surface area (Å²) in [6, 6.07) is -4.22. The van der Waals surface area contributed by atoms with Gasteiger partial charge in [0.2, 0.25) is 29.5 Å². The zero-order chi connectivity index (χ0) is 30.3. The normalized spacial score (nSPS) is 14.6. The predicted octanol–water partition coefficient (Wildman–Crippen LogP) is -1.94. The first kappa shape index (κ1) is 35.2. The van der Waals surface area contributed by atoms with Crippen LogP contribution in [0.15, 0.2) is 0 Å². The minimum absolute atomic E-state index is 0.183. The van der Waals surface area contributed by atoms with Gasteiger partial charge in [0.15, 0.2) is 0 Å². The standard InChI is InChI=1S/C24H42N6O9/c1-6-13(4)20(30-22(36)15(25)9-12(2)3)23(37)28-14(5)21(35)27-10-17(31)26-11-18(32)29-16(24(38)39)7-8-19(33)34/h12-16,20H,6-11,25H2,1-5H3,(H,26,31)(H,27,35)(H,28,37)(H,29,32)(H,30,36)(H,33,34)(H,38,39). The number of carbonyl (C=O) groups is 7. The number of nitrogens with one attached hydrogen (secondary N) is 5. The van der Waals surface area contributed by atoms with Crippen LogP contribution >= 0.6 is 0 Å². The summed E-state index contributed by atoms with van der Waals surface area (Å²) in [4.78, 5) is 83.2. The molecule has 0 heterocycles. The second kappa shape index (κ2) is 17.7. The molecule has 15 nitrogen and oxygen atoms in total. The molecule has 0 rings (SSSR count).